The van der Waals surface area contributed by atoms with Gasteiger partial charge in [-0.05, 0) is 69.5 Å². The van der Waals surface area contributed by atoms with Crippen molar-refractivity contribution < 1.29 is 50.3 Å². The monoisotopic (exact) mass is 1020 g/mol. The third kappa shape index (κ3) is 9.06. The molecule has 0 bridgehead atoms. The zero-order valence-corrected chi connectivity index (χ0v) is 37.3. The molecular formula is C56H33N5O2Pd2. The minimum absolute atomic E-state index is 0. The van der Waals surface area contributed by atoms with Gasteiger partial charge < -0.3 is 24.0 Å². The van der Waals surface area contributed by atoms with Gasteiger partial charge in [-0.2, -0.15) is 22.9 Å². The number of hydrogen-bond acceptors (Lipinski definition) is 6. The number of pyridine rings is 2. The maximum Gasteiger partial charge on any atom is 2.00 e. The van der Waals surface area contributed by atoms with Crippen molar-refractivity contribution in [3.05, 3.63) is 225 Å². The van der Waals surface area contributed by atoms with Gasteiger partial charge in [0, 0.05) is 53.3 Å². The number of ether oxygens (including phenoxy) is 2. The van der Waals surface area contributed by atoms with Crippen molar-refractivity contribution in [3.63, 3.8) is 0 Å². The Bertz CT molecular complexity index is 3190. The molecule has 11 aromatic rings. The molecule has 7 aromatic carbocycles. The van der Waals surface area contributed by atoms with Gasteiger partial charge in [-0.15, -0.1) is 71.8 Å². The fraction of sp³-hybridized carbons (Fsp3) is 0. The topological polar surface area (TPSA) is 75.0 Å². The molecular weight excluding hydrogens is 987 g/mol. The van der Waals surface area contributed by atoms with E-state index in [2.05, 4.69) is 101 Å². The van der Waals surface area contributed by atoms with Crippen molar-refractivity contribution in [1.29, 1.82) is 0 Å². The van der Waals surface area contributed by atoms with Crippen molar-refractivity contribution in [2.45, 2.75) is 0 Å². The van der Waals surface area contributed by atoms with Gasteiger partial charge in [-0.3, -0.25) is 0 Å². The van der Waals surface area contributed by atoms with Crippen molar-refractivity contribution in [2.75, 3.05) is 0 Å². The van der Waals surface area contributed by atoms with Crippen LogP contribution in [-0.4, -0.2) is 24.5 Å². The molecule has 0 atom stereocenters. The number of fused-ring (bicyclic) bond motifs is 3. The first-order valence-electron chi connectivity index (χ1n) is 20.4. The maximum atomic E-state index is 6.42. The zero-order valence-electron chi connectivity index (χ0n) is 34.2. The van der Waals surface area contributed by atoms with E-state index in [0.29, 0.717) is 40.0 Å². The van der Waals surface area contributed by atoms with Crippen LogP contribution in [0, 0.1) is 24.3 Å². The van der Waals surface area contributed by atoms with Crippen LogP contribution in [-0.2, 0) is 40.8 Å². The predicted octanol–water partition coefficient (Wildman–Crippen LogP) is 13.5. The molecule has 0 saturated heterocycles. The van der Waals surface area contributed by atoms with Crippen LogP contribution in [0.2, 0.25) is 0 Å². The first-order valence-corrected chi connectivity index (χ1v) is 20.4. The van der Waals surface area contributed by atoms with Gasteiger partial charge in [0.2, 0.25) is 5.95 Å². The zero-order chi connectivity index (χ0) is 42.0. The summed E-state index contributed by atoms with van der Waals surface area (Å²) in [7, 11) is 0. The smallest absolute Gasteiger partial charge is 0.503 e. The third-order valence-electron chi connectivity index (χ3n) is 10.7. The van der Waals surface area contributed by atoms with E-state index in [1.807, 2.05) is 126 Å². The fourth-order valence-corrected chi connectivity index (χ4v) is 7.71. The Morgan fingerprint density at radius 1 is 0.354 bits per heavy atom. The number of benzene rings is 7. The van der Waals surface area contributed by atoms with Gasteiger partial charge in [0.1, 0.15) is 0 Å². The average molecular weight is 1020 g/mol. The van der Waals surface area contributed by atoms with Gasteiger partial charge in [-0.25, -0.2) is 9.97 Å². The van der Waals surface area contributed by atoms with E-state index in [9.17, 15) is 0 Å². The summed E-state index contributed by atoms with van der Waals surface area (Å²) in [6.07, 6.45) is 7.27. The molecule has 4 heterocycles. The second kappa shape index (κ2) is 19.2. The third-order valence-corrected chi connectivity index (χ3v) is 10.7. The van der Waals surface area contributed by atoms with Crippen LogP contribution in [0.1, 0.15) is 0 Å². The molecule has 65 heavy (non-hydrogen) atoms. The molecule has 0 amide bonds. The quantitative estimate of drug-likeness (QED) is 0.100. The molecule has 11 rings (SSSR count). The molecule has 0 aliphatic heterocycles. The van der Waals surface area contributed by atoms with Crippen molar-refractivity contribution >= 4 is 21.8 Å². The molecule has 9 heteroatoms. The van der Waals surface area contributed by atoms with Crippen LogP contribution in [0.25, 0.3) is 83.6 Å². The van der Waals surface area contributed by atoms with Gasteiger partial charge in [0.15, 0.2) is 0 Å². The van der Waals surface area contributed by atoms with Gasteiger partial charge in [-0.1, -0.05) is 108 Å². The van der Waals surface area contributed by atoms with E-state index < -0.39 is 0 Å². The first-order chi connectivity index (χ1) is 31.2. The van der Waals surface area contributed by atoms with E-state index >= 15 is 0 Å². The molecule has 0 aliphatic carbocycles. The SMILES string of the molecule is [Pd+2].[Pd+2].[c-]1c(Oc2[c-]c3c(cc2)c2ccc(Oc4[c-]c(-c5ccccn5)ccc4)[c-]c2n3-c2ncc(-c3cc(-c4ccccc4)cc(-c4ccccc4)c3)cn2)cccc1-c1ccccn1. The van der Waals surface area contributed by atoms with Crippen LogP contribution in [0.15, 0.2) is 201 Å². The molecule has 0 fully saturated rings. The van der Waals surface area contributed by atoms with E-state index in [0.717, 1.165) is 66.7 Å². The summed E-state index contributed by atoms with van der Waals surface area (Å²) in [5, 5.41) is 1.84. The summed E-state index contributed by atoms with van der Waals surface area (Å²) in [5.41, 5.74) is 11.0. The minimum Gasteiger partial charge on any atom is -0.503 e. The van der Waals surface area contributed by atoms with Crippen LogP contribution in [0.4, 0.5) is 0 Å². The van der Waals surface area contributed by atoms with Crippen molar-refractivity contribution in [2.24, 2.45) is 0 Å². The molecule has 314 valence electrons. The van der Waals surface area contributed by atoms with Gasteiger partial charge >= 0.3 is 40.8 Å². The van der Waals surface area contributed by atoms with E-state index in [-0.39, 0.29) is 40.8 Å². The second-order valence-electron chi connectivity index (χ2n) is 14.8. The number of rotatable bonds is 10. The molecule has 0 radical (unpaired) electrons. The molecule has 0 saturated carbocycles. The maximum absolute atomic E-state index is 6.42. The fourth-order valence-electron chi connectivity index (χ4n) is 7.71. The average Bonchev–Trinajstić information content (AvgIpc) is 3.68. The Morgan fingerprint density at radius 2 is 0.785 bits per heavy atom. The van der Waals surface area contributed by atoms with E-state index in [1.165, 1.54) is 0 Å². The molecule has 0 unspecified atom stereocenters. The summed E-state index contributed by atoms with van der Waals surface area (Å²) in [5.74, 6) is 2.52. The Balaban J connectivity index is 0.00000266. The molecule has 7 nitrogen and oxygen atoms in total. The van der Waals surface area contributed by atoms with Crippen LogP contribution in [0.3, 0.4) is 0 Å². The molecule has 4 aromatic heterocycles. The Kier molecular flexibility index (Phi) is 12.7. The van der Waals surface area contributed by atoms with E-state index in [1.54, 1.807) is 12.4 Å². The van der Waals surface area contributed by atoms with E-state index in [4.69, 9.17) is 19.4 Å². The number of nitrogens with zero attached hydrogens (tertiary/aromatic N) is 5. The number of hydrogen-bond donors (Lipinski definition) is 0. The largest absolute Gasteiger partial charge is 2.00 e. The van der Waals surface area contributed by atoms with Crippen molar-refractivity contribution in [3.8, 4) is 84.8 Å². The van der Waals surface area contributed by atoms with Crippen LogP contribution >= 0.6 is 0 Å². The summed E-state index contributed by atoms with van der Waals surface area (Å²) < 4.78 is 14.8. The summed E-state index contributed by atoms with van der Waals surface area (Å²) in [6, 6.07) is 72.2. The normalized spacial score (nSPS) is 10.8. The summed E-state index contributed by atoms with van der Waals surface area (Å²) in [4.78, 5) is 19.0. The number of aromatic nitrogens is 5. The standard InChI is InChI=1S/C56H33N5O2.2Pd/c1-3-13-38(14-4-1)42-29-43(39-15-5-2-6-16-39)31-44(30-42)45-36-59-56(60-37-45)61-54-34-48(62-46-19-11-17-40(32-46)52-21-7-9-27-57-52)23-25-50(54)51-26-24-49(35-55(51)61)63-47-20-12-18-41(33-47)53-22-8-10-28-58-53;;/h1-31,36-37H;;/q-4;2*+2. The van der Waals surface area contributed by atoms with Gasteiger partial charge in [0.05, 0.1) is 0 Å². The second-order valence-corrected chi connectivity index (χ2v) is 14.8. The summed E-state index contributed by atoms with van der Waals surface area (Å²) >= 11 is 0. The van der Waals surface area contributed by atoms with Gasteiger partial charge in [0.25, 0.3) is 0 Å². The Labute approximate surface area is 403 Å². The Morgan fingerprint density at radius 3 is 1.23 bits per heavy atom. The molecule has 0 aliphatic rings. The van der Waals surface area contributed by atoms with Crippen LogP contribution in [0.5, 0.6) is 23.0 Å². The van der Waals surface area contributed by atoms with Crippen LogP contribution < -0.4 is 9.47 Å². The summed E-state index contributed by atoms with van der Waals surface area (Å²) in [6.45, 7) is 0. The predicted molar refractivity (Wildman–Crippen MR) is 248 cm³/mol. The Hall–Kier alpha value is -7.36. The van der Waals surface area contributed by atoms with Crippen molar-refractivity contribution in [1.82, 2.24) is 24.5 Å². The molecule has 0 spiro atoms. The minimum atomic E-state index is 0. The first kappa shape index (κ1) is 42.9. The molecule has 0 N–H and O–H groups in total.